The fraction of sp³-hybridized carbons (Fsp3) is 0.300. The van der Waals surface area contributed by atoms with Gasteiger partial charge in [-0.3, -0.25) is 0 Å². The Kier molecular flexibility index (Phi) is 4.84. The standard InChI is InChI=1S/C10H12Cl2FN3O/c1-2-8(10(14)16-17)15-5-3-6(11)9(13)7(12)4-5/h3-4,8,15,17H,2H2,1H3,(H2,14,16). The summed E-state index contributed by atoms with van der Waals surface area (Å²) in [7, 11) is 0. The number of amidine groups is 1. The number of rotatable bonds is 4. The summed E-state index contributed by atoms with van der Waals surface area (Å²) in [6.07, 6.45) is 0.586. The second kappa shape index (κ2) is 5.93. The second-order valence-corrected chi connectivity index (χ2v) is 4.20. The molecule has 0 bridgehead atoms. The van der Waals surface area contributed by atoms with Crippen molar-refractivity contribution in [2.75, 3.05) is 5.32 Å². The molecule has 0 fully saturated rings. The van der Waals surface area contributed by atoms with E-state index in [1.165, 1.54) is 12.1 Å². The molecule has 0 aliphatic rings. The lowest BCUT2D eigenvalue weighted by atomic mass is 10.2. The van der Waals surface area contributed by atoms with Crippen LogP contribution in [0.15, 0.2) is 17.3 Å². The molecule has 1 aromatic rings. The molecule has 0 aliphatic carbocycles. The summed E-state index contributed by atoms with van der Waals surface area (Å²) in [4.78, 5) is 0. The lowest BCUT2D eigenvalue weighted by molar-refractivity contribution is 0.316. The van der Waals surface area contributed by atoms with Gasteiger partial charge in [0.15, 0.2) is 11.7 Å². The van der Waals surface area contributed by atoms with E-state index in [9.17, 15) is 4.39 Å². The van der Waals surface area contributed by atoms with Crippen LogP contribution in [0.25, 0.3) is 0 Å². The van der Waals surface area contributed by atoms with Crippen molar-refractivity contribution < 1.29 is 9.60 Å². The molecule has 17 heavy (non-hydrogen) atoms. The molecule has 94 valence electrons. The second-order valence-electron chi connectivity index (χ2n) is 3.38. The van der Waals surface area contributed by atoms with Crippen LogP contribution in [-0.2, 0) is 0 Å². The van der Waals surface area contributed by atoms with Crippen LogP contribution in [0.3, 0.4) is 0 Å². The third kappa shape index (κ3) is 3.38. The number of nitrogens with zero attached hydrogens (tertiary/aromatic N) is 1. The van der Waals surface area contributed by atoms with E-state index in [0.29, 0.717) is 12.1 Å². The van der Waals surface area contributed by atoms with Crippen molar-refractivity contribution in [2.45, 2.75) is 19.4 Å². The Morgan fingerprint density at radius 2 is 2.06 bits per heavy atom. The number of anilines is 1. The maximum Gasteiger partial charge on any atom is 0.161 e. The van der Waals surface area contributed by atoms with Crippen LogP contribution < -0.4 is 11.1 Å². The van der Waals surface area contributed by atoms with Crippen molar-refractivity contribution in [3.63, 3.8) is 0 Å². The summed E-state index contributed by atoms with van der Waals surface area (Å²) >= 11 is 11.3. The zero-order valence-electron chi connectivity index (χ0n) is 9.04. The molecule has 0 aliphatic heterocycles. The van der Waals surface area contributed by atoms with Gasteiger partial charge in [0.2, 0.25) is 0 Å². The lowest BCUT2D eigenvalue weighted by Crippen LogP contribution is -2.35. The van der Waals surface area contributed by atoms with Gasteiger partial charge < -0.3 is 16.3 Å². The number of nitrogens with two attached hydrogens (primary N) is 1. The number of hydrogen-bond acceptors (Lipinski definition) is 3. The maximum atomic E-state index is 13.2. The molecule has 0 saturated carbocycles. The van der Waals surface area contributed by atoms with Crippen LogP contribution >= 0.6 is 23.2 Å². The van der Waals surface area contributed by atoms with Crippen LogP contribution in [0.5, 0.6) is 0 Å². The summed E-state index contributed by atoms with van der Waals surface area (Å²) in [5, 5.41) is 14.2. The van der Waals surface area contributed by atoms with Crippen molar-refractivity contribution in [1.82, 2.24) is 0 Å². The number of hydrogen-bond donors (Lipinski definition) is 3. The van der Waals surface area contributed by atoms with E-state index in [1.54, 1.807) is 0 Å². The molecule has 0 spiro atoms. The first-order valence-electron chi connectivity index (χ1n) is 4.88. The first-order chi connectivity index (χ1) is 7.99. The molecule has 0 saturated heterocycles. The Labute approximate surface area is 108 Å². The Morgan fingerprint density at radius 1 is 1.53 bits per heavy atom. The Hall–Kier alpha value is -1.20. The fourth-order valence-corrected chi connectivity index (χ4v) is 1.78. The maximum absolute atomic E-state index is 13.2. The minimum atomic E-state index is -0.671. The molecule has 7 heteroatoms. The molecule has 1 atom stereocenters. The molecule has 1 rings (SSSR count). The molecular formula is C10H12Cl2FN3O. The highest BCUT2D eigenvalue weighted by Crippen LogP contribution is 2.27. The smallest absolute Gasteiger partial charge is 0.161 e. The summed E-state index contributed by atoms with van der Waals surface area (Å²) < 4.78 is 13.2. The summed E-state index contributed by atoms with van der Waals surface area (Å²) in [5.74, 6) is -0.639. The minimum absolute atomic E-state index is 0.0315. The molecule has 0 radical (unpaired) electrons. The third-order valence-electron chi connectivity index (χ3n) is 2.21. The highest BCUT2D eigenvalue weighted by atomic mass is 35.5. The van der Waals surface area contributed by atoms with Gasteiger partial charge in [-0.1, -0.05) is 35.3 Å². The van der Waals surface area contributed by atoms with Crippen LogP contribution in [0.4, 0.5) is 10.1 Å². The zero-order chi connectivity index (χ0) is 13.0. The molecular weight excluding hydrogens is 268 g/mol. The topological polar surface area (TPSA) is 70.6 Å². The van der Waals surface area contributed by atoms with Gasteiger partial charge in [0.05, 0.1) is 16.1 Å². The number of oxime groups is 1. The van der Waals surface area contributed by atoms with E-state index < -0.39 is 5.82 Å². The van der Waals surface area contributed by atoms with Gasteiger partial charge in [0, 0.05) is 5.69 Å². The predicted octanol–water partition coefficient (Wildman–Crippen LogP) is 3.07. The van der Waals surface area contributed by atoms with Crippen molar-refractivity contribution in [2.24, 2.45) is 10.9 Å². The molecule has 0 aromatic heterocycles. The largest absolute Gasteiger partial charge is 0.409 e. The normalized spacial score (nSPS) is 13.5. The molecule has 1 aromatic carbocycles. The molecule has 4 N–H and O–H groups in total. The Bertz CT molecular complexity index is 417. The van der Waals surface area contributed by atoms with Gasteiger partial charge in [0.1, 0.15) is 0 Å². The van der Waals surface area contributed by atoms with E-state index in [4.69, 9.17) is 34.1 Å². The molecule has 4 nitrogen and oxygen atoms in total. The van der Waals surface area contributed by atoms with E-state index in [0.717, 1.165) is 0 Å². The quantitative estimate of drug-likeness (QED) is 0.261. The van der Waals surface area contributed by atoms with Crippen molar-refractivity contribution in [3.8, 4) is 0 Å². The van der Waals surface area contributed by atoms with Crippen LogP contribution in [-0.4, -0.2) is 17.1 Å². The Balaban J connectivity index is 2.95. The number of benzene rings is 1. The molecule has 0 heterocycles. The molecule has 0 amide bonds. The summed E-state index contributed by atoms with van der Waals surface area (Å²) in [6.45, 7) is 1.85. The van der Waals surface area contributed by atoms with Gasteiger partial charge in [-0.25, -0.2) is 4.39 Å². The fourth-order valence-electron chi connectivity index (χ4n) is 1.29. The first kappa shape index (κ1) is 13.9. The van der Waals surface area contributed by atoms with Gasteiger partial charge >= 0.3 is 0 Å². The van der Waals surface area contributed by atoms with E-state index in [2.05, 4.69) is 10.5 Å². The van der Waals surface area contributed by atoms with Crippen LogP contribution in [0.1, 0.15) is 13.3 Å². The Morgan fingerprint density at radius 3 is 2.47 bits per heavy atom. The monoisotopic (exact) mass is 279 g/mol. The predicted molar refractivity (Wildman–Crippen MR) is 67.5 cm³/mol. The van der Waals surface area contributed by atoms with Gasteiger partial charge in [-0.15, -0.1) is 0 Å². The lowest BCUT2D eigenvalue weighted by Gasteiger charge is -2.17. The average molecular weight is 280 g/mol. The van der Waals surface area contributed by atoms with E-state index in [-0.39, 0.29) is 21.9 Å². The van der Waals surface area contributed by atoms with Gasteiger partial charge in [-0.2, -0.15) is 0 Å². The number of halogens is 3. The SMILES string of the molecule is CCC(Nc1cc(Cl)c(F)c(Cl)c1)/C(N)=N/O. The average Bonchev–Trinajstić information content (AvgIpc) is 2.31. The summed E-state index contributed by atoms with van der Waals surface area (Å²) in [6, 6.07) is 2.39. The summed E-state index contributed by atoms with van der Waals surface area (Å²) in [5.41, 5.74) is 5.98. The minimum Gasteiger partial charge on any atom is -0.409 e. The highest BCUT2D eigenvalue weighted by Gasteiger charge is 2.13. The van der Waals surface area contributed by atoms with Crippen LogP contribution in [0.2, 0.25) is 10.0 Å². The van der Waals surface area contributed by atoms with Crippen molar-refractivity contribution >= 4 is 34.7 Å². The van der Waals surface area contributed by atoms with E-state index >= 15 is 0 Å². The third-order valence-corrected chi connectivity index (χ3v) is 2.76. The molecule has 1 unspecified atom stereocenters. The van der Waals surface area contributed by atoms with E-state index in [1.807, 2.05) is 6.92 Å². The first-order valence-corrected chi connectivity index (χ1v) is 5.63. The highest BCUT2D eigenvalue weighted by molar-refractivity contribution is 6.35. The zero-order valence-corrected chi connectivity index (χ0v) is 10.6. The van der Waals surface area contributed by atoms with Crippen LogP contribution in [0, 0.1) is 5.82 Å². The van der Waals surface area contributed by atoms with Crippen molar-refractivity contribution in [3.05, 3.63) is 28.0 Å². The van der Waals surface area contributed by atoms with Gasteiger partial charge in [-0.05, 0) is 18.6 Å². The van der Waals surface area contributed by atoms with Crippen molar-refractivity contribution in [1.29, 1.82) is 0 Å². The van der Waals surface area contributed by atoms with Gasteiger partial charge in [0.25, 0.3) is 0 Å². The number of nitrogens with one attached hydrogen (secondary N) is 1.